The summed E-state index contributed by atoms with van der Waals surface area (Å²) in [6.07, 6.45) is -0.00170. The third-order valence-electron chi connectivity index (χ3n) is 3.38. The number of nitrogens with zero attached hydrogens (tertiary/aromatic N) is 2. The van der Waals surface area contributed by atoms with Gasteiger partial charge in [0, 0.05) is 25.2 Å². The fraction of sp³-hybridized carbons (Fsp3) is 0.375. The largest absolute Gasteiger partial charge is 0.545 e. The molecule has 0 unspecified atom stereocenters. The van der Waals surface area contributed by atoms with Crippen molar-refractivity contribution >= 4 is 40.4 Å². The molecule has 1 heterocycles. The van der Waals surface area contributed by atoms with E-state index in [4.69, 9.17) is 0 Å². The third kappa shape index (κ3) is 4.14. The van der Waals surface area contributed by atoms with Gasteiger partial charge in [0.1, 0.15) is 5.25 Å². The van der Waals surface area contributed by atoms with Gasteiger partial charge in [-0.25, -0.2) is 0 Å². The van der Waals surface area contributed by atoms with Gasteiger partial charge in [-0.3, -0.25) is 19.5 Å². The van der Waals surface area contributed by atoms with Gasteiger partial charge in [0.05, 0.1) is 5.97 Å². The highest BCUT2D eigenvalue weighted by Crippen LogP contribution is 2.29. The molecule has 2 amide bonds. The maximum absolute atomic E-state index is 12.3. The summed E-state index contributed by atoms with van der Waals surface area (Å²) in [6.45, 7) is 4.82. The fourth-order valence-electron chi connectivity index (χ4n) is 2.29. The van der Waals surface area contributed by atoms with E-state index < -0.39 is 11.2 Å². The Hall–Kier alpha value is -2.35. The van der Waals surface area contributed by atoms with Crippen LogP contribution in [0.5, 0.6) is 0 Å². The molecular formula is C16H18N3O4S-. The van der Waals surface area contributed by atoms with E-state index in [-0.39, 0.29) is 23.8 Å². The minimum Gasteiger partial charge on any atom is -0.545 e. The lowest BCUT2D eigenvalue weighted by Gasteiger charge is -2.13. The van der Waals surface area contributed by atoms with Crippen molar-refractivity contribution in [1.82, 2.24) is 4.90 Å². The number of benzene rings is 1. The monoisotopic (exact) mass is 348 g/mol. The van der Waals surface area contributed by atoms with E-state index in [0.717, 1.165) is 0 Å². The van der Waals surface area contributed by atoms with E-state index in [0.29, 0.717) is 23.9 Å². The molecule has 0 radical (unpaired) electrons. The van der Waals surface area contributed by atoms with Crippen LogP contribution in [0.15, 0.2) is 29.3 Å². The van der Waals surface area contributed by atoms with Crippen LogP contribution in [-0.4, -0.2) is 46.2 Å². The van der Waals surface area contributed by atoms with Crippen molar-refractivity contribution < 1.29 is 19.5 Å². The number of carbonyl (C=O) groups excluding carboxylic acids is 3. The van der Waals surface area contributed by atoms with Crippen LogP contribution in [-0.2, 0) is 9.59 Å². The maximum Gasteiger partial charge on any atom is 0.242 e. The molecule has 0 aliphatic carbocycles. The summed E-state index contributed by atoms with van der Waals surface area (Å²) < 4.78 is 0. The van der Waals surface area contributed by atoms with Gasteiger partial charge < -0.3 is 15.2 Å². The Kier molecular flexibility index (Phi) is 5.97. The molecular weight excluding hydrogens is 330 g/mol. The summed E-state index contributed by atoms with van der Waals surface area (Å²) in [7, 11) is 0. The number of rotatable bonds is 6. The number of aliphatic imine (C=N–C) groups is 1. The molecule has 1 aromatic rings. The molecule has 1 atom stereocenters. The van der Waals surface area contributed by atoms with Crippen LogP contribution in [0.25, 0.3) is 0 Å². The highest BCUT2D eigenvalue weighted by atomic mass is 32.2. The second kappa shape index (κ2) is 7.96. The highest BCUT2D eigenvalue weighted by Gasteiger charge is 2.37. The second-order valence-electron chi connectivity index (χ2n) is 5.07. The average Bonchev–Trinajstić information content (AvgIpc) is 2.83. The molecule has 7 nitrogen and oxygen atoms in total. The molecule has 1 aromatic carbocycles. The Morgan fingerprint density at radius 1 is 1.38 bits per heavy atom. The predicted molar refractivity (Wildman–Crippen MR) is 90.8 cm³/mol. The van der Waals surface area contributed by atoms with Crippen molar-refractivity contribution in [1.29, 1.82) is 0 Å². The molecule has 1 fully saturated rings. The first-order valence-corrected chi connectivity index (χ1v) is 8.48. The second-order valence-corrected chi connectivity index (χ2v) is 6.24. The Labute approximate surface area is 144 Å². The van der Waals surface area contributed by atoms with Gasteiger partial charge >= 0.3 is 0 Å². The van der Waals surface area contributed by atoms with Gasteiger partial charge in [-0.15, -0.1) is 0 Å². The molecule has 0 saturated carbocycles. The van der Waals surface area contributed by atoms with E-state index in [2.05, 4.69) is 10.3 Å². The van der Waals surface area contributed by atoms with E-state index >= 15 is 0 Å². The Balaban J connectivity index is 2.02. The minimum atomic E-state index is -1.31. The Morgan fingerprint density at radius 3 is 2.75 bits per heavy atom. The lowest BCUT2D eigenvalue weighted by Crippen LogP contribution is -2.33. The van der Waals surface area contributed by atoms with E-state index in [1.54, 1.807) is 11.0 Å². The van der Waals surface area contributed by atoms with E-state index in [1.165, 1.54) is 30.0 Å². The number of anilines is 1. The topological polar surface area (TPSA) is 102 Å². The number of carboxylic acid groups (broad SMARTS) is 1. The van der Waals surface area contributed by atoms with Crippen molar-refractivity contribution in [2.45, 2.75) is 25.5 Å². The number of carbonyl (C=O) groups is 3. The smallest absolute Gasteiger partial charge is 0.242 e. The molecule has 2 rings (SSSR count). The fourth-order valence-corrected chi connectivity index (χ4v) is 3.56. The average molecular weight is 348 g/mol. The zero-order valence-corrected chi connectivity index (χ0v) is 14.3. The van der Waals surface area contributed by atoms with Crippen molar-refractivity contribution in [2.24, 2.45) is 4.99 Å². The summed E-state index contributed by atoms with van der Waals surface area (Å²) in [5, 5.41) is 13.6. The van der Waals surface area contributed by atoms with E-state index in [9.17, 15) is 19.5 Å². The maximum atomic E-state index is 12.3. The number of aromatic carboxylic acids is 1. The number of thioether (sulfide) groups is 1. The first-order chi connectivity index (χ1) is 11.5. The van der Waals surface area contributed by atoms with Gasteiger partial charge in [0.25, 0.3) is 0 Å². The quantitative estimate of drug-likeness (QED) is 0.816. The summed E-state index contributed by atoms with van der Waals surface area (Å²) in [5.41, 5.74) is 0.334. The van der Waals surface area contributed by atoms with Gasteiger partial charge in [0.2, 0.25) is 11.8 Å². The van der Waals surface area contributed by atoms with Crippen LogP contribution in [0.1, 0.15) is 30.6 Å². The SMILES string of the molecule is CCN=C1S[C@H](CC(=O)Nc2cccc(C(=O)[O-])c2)C(=O)N1CC. The predicted octanol–water partition coefficient (Wildman–Crippen LogP) is 0.718. The molecule has 0 spiro atoms. The number of carboxylic acids is 1. The third-order valence-corrected chi connectivity index (χ3v) is 4.60. The van der Waals surface area contributed by atoms with E-state index in [1.807, 2.05) is 13.8 Å². The standard InChI is InChI=1S/C16H19N3O4S/c1-3-17-16-19(4-2)14(21)12(24-16)9-13(20)18-11-7-5-6-10(8-11)15(22)23/h5-8,12H,3-4,9H2,1-2H3,(H,18,20)(H,22,23)/p-1/t12-/m1/s1. The summed E-state index contributed by atoms with van der Waals surface area (Å²) >= 11 is 1.28. The summed E-state index contributed by atoms with van der Waals surface area (Å²) in [6, 6.07) is 5.80. The van der Waals surface area contributed by atoms with Gasteiger partial charge in [-0.2, -0.15) is 0 Å². The van der Waals surface area contributed by atoms with Crippen LogP contribution in [0.4, 0.5) is 5.69 Å². The van der Waals surface area contributed by atoms with Crippen molar-refractivity contribution in [2.75, 3.05) is 18.4 Å². The lowest BCUT2D eigenvalue weighted by molar-refractivity contribution is -0.255. The van der Waals surface area contributed by atoms with Crippen LogP contribution in [0.2, 0.25) is 0 Å². The van der Waals surface area contributed by atoms with Gasteiger partial charge in [0.15, 0.2) is 5.17 Å². The molecule has 1 N–H and O–H groups in total. The first-order valence-electron chi connectivity index (χ1n) is 7.60. The molecule has 128 valence electrons. The molecule has 0 bridgehead atoms. The molecule has 0 aromatic heterocycles. The molecule has 24 heavy (non-hydrogen) atoms. The number of hydrogen-bond acceptors (Lipinski definition) is 6. The van der Waals surface area contributed by atoms with Crippen molar-refractivity contribution in [3.05, 3.63) is 29.8 Å². The van der Waals surface area contributed by atoms with Crippen molar-refractivity contribution in [3.63, 3.8) is 0 Å². The lowest BCUT2D eigenvalue weighted by atomic mass is 10.2. The van der Waals surface area contributed by atoms with Crippen LogP contribution < -0.4 is 10.4 Å². The minimum absolute atomic E-state index is 0.00170. The molecule has 1 saturated heterocycles. The number of nitrogens with one attached hydrogen (secondary N) is 1. The first kappa shape index (κ1) is 18.0. The van der Waals surface area contributed by atoms with Crippen molar-refractivity contribution in [3.8, 4) is 0 Å². The number of amidine groups is 1. The zero-order chi connectivity index (χ0) is 17.7. The summed E-state index contributed by atoms with van der Waals surface area (Å²) in [5.74, 6) is -1.80. The highest BCUT2D eigenvalue weighted by molar-refractivity contribution is 8.15. The van der Waals surface area contributed by atoms with Crippen LogP contribution >= 0.6 is 11.8 Å². The summed E-state index contributed by atoms with van der Waals surface area (Å²) in [4.78, 5) is 41.2. The Bertz CT molecular complexity index is 690. The molecule has 1 aliphatic rings. The normalized spacial score (nSPS) is 18.9. The van der Waals surface area contributed by atoms with Gasteiger partial charge in [-0.1, -0.05) is 23.9 Å². The van der Waals surface area contributed by atoms with Crippen LogP contribution in [0.3, 0.4) is 0 Å². The number of hydrogen-bond donors (Lipinski definition) is 1. The molecule has 1 aliphatic heterocycles. The van der Waals surface area contributed by atoms with Crippen LogP contribution in [0, 0.1) is 0 Å². The Morgan fingerprint density at radius 2 is 2.12 bits per heavy atom. The molecule has 8 heteroatoms. The zero-order valence-electron chi connectivity index (χ0n) is 13.4. The number of amides is 2. The van der Waals surface area contributed by atoms with Gasteiger partial charge in [-0.05, 0) is 31.5 Å².